The number of carbonyl (C=O) groups is 1. The highest BCUT2D eigenvalue weighted by Crippen LogP contribution is 2.53. The van der Waals surface area contributed by atoms with Crippen LogP contribution in [0.25, 0.3) is 0 Å². The van der Waals surface area contributed by atoms with Crippen LogP contribution in [0.5, 0.6) is 0 Å². The van der Waals surface area contributed by atoms with Gasteiger partial charge in [0, 0.05) is 5.92 Å². The van der Waals surface area contributed by atoms with Crippen molar-refractivity contribution in [1.82, 2.24) is 0 Å². The Labute approximate surface area is 99.2 Å². The van der Waals surface area contributed by atoms with E-state index in [1.54, 1.807) is 23.5 Å². The molecule has 2 aliphatic heterocycles. The fraction of sp³-hybridized carbons (Fsp3) is 0.727. The topological polar surface area (TPSA) is 26.3 Å². The van der Waals surface area contributed by atoms with Crippen molar-refractivity contribution in [2.75, 3.05) is 18.1 Å². The van der Waals surface area contributed by atoms with Crippen molar-refractivity contribution in [2.45, 2.75) is 23.8 Å². The van der Waals surface area contributed by atoms with Crippen molar-refractivity contribution in [2.24, 2.45) is 5.92 Å². The molecule has 2 nitrogen and oxygen atoms in total. The van der Waals surface area contributed by atoms with Gasteiger partial charge < -0.3 is 4.74 Å². The predicted octanol–water partition coefficient (Wildman–Crippen LogP) is 2.69. The molecule has 4 heteroatoms. The number of cyclic esters (lactones) is 1. The summed E-state index contributed by atoms with van der Waals surface area (Å²) in [6.45, 7) is 6.59. The molecule has 0 aliphatic carbocycles. The summed E-state index contributed by atoms with van der Waals surface area (Å²) >= 11 is 3.52. The summed E-state index contributed by atoms with van der Waals surface area (Å²) in [7, 11) is 0. The largest absolute Gasteiger partial charge is 0.459 e. The Morgan fingerprint density at radius 2 is 2.20 bits per heavy atom. The average Bonchev–Trinajstić information content (AvgIpc) is 2.26. The Morgan fingerprint density at radius 3 is 2.80 bits per heavy atom. The molecule has 0 aromatic carbocycles. The van der Waals surface area contributed by atoms with Crippen molar-refractivity contribution in [3.8, 4) is 0 Å². The maximum Gasteiger partial charge on any atom is 0.333 e. The van der Waals surface area contributed by atoms with Crippen LogP contribution in [0.15, 0.2) is 12.2 Å². The van der Waals surface area contributed by atoms with Gasteiger partial charge in [0.1, 0.15) is 6.61 Å². The second-order valence-corrected chi connectivity index (χ2v) is 6.85. The molecule has 2 rings (SSSR count). The average molecular weight is 244 g/mol. The third kappa shape index (κ3) is 1.82. The third-order valence-electron chi connectivity index (χ3n) is 2.95. The maximum atomic E-state index is 12.0. The van der Waals surface area contributed by atoms with Gasteiger partial charge in [-0.2, -0.15) is 0 Å². The van der Waals surface area contributed by atoms with E-state index in [0.29, 0.717) is 6.61 Å². The molecular formula is C11H16O2S2. The van der Waals surface area contributed by atoms with Crippen molar-refractivity contribution in [1.29, 1.82) is 0 Å². The number of hydrogen-bond acceptors (Lipinski definition) is 4. The summed E-state index contributed by atoms with van der Waals surface area (Å²) < 4.78 is 4.86. The Hall–Kier alpha value is -0.0900. The minimum atomic E-state index is -0.373. The quantitative estimate of drug-likeness (QED) is 0.523. The molecule has 15 heavy (non-hydrogen) atoms. The van der Waals surface area contributed by atoms with Crippen LogP contribution in [0.2, 0.25) is 0 Å². The van der Waals surface area contributed by atoms with Gasteiger partial charge in [0.25, 0.3) is 0 Å². The number of thioether (sulfide) groups is 2. The highest BCUT2D eigenvalue weighted by Gasteiger charge is 2.52. The summed E-state index contributed by atoms with van der Waals surface area (Å²) in [5, 5.41) is 0. The molecule has 1 spiro atoms. The first-order valence-corrected chi connectivity index (χ1v) is 7.30. The first-order chi connectivity index (χ1) is 7.20. The zero-order valence-electron chi connectivity index (χ0n) is 8.95. The van der Waals surface area contributed by atoms with Crippen molar-refractivity contribution < 1.29 is 9.53 Å². The predicted molar refractivity (Wildman–Crippen MR) is 66.1 cm³/mol. The lowest BCUT2D eigenvalue weighted by molar-refractivity contribution is -0.146. The normalized spacial score (nSPS) is 30.3. The molecule has 0 aromatic heterocycles. The Balaban J connectivity index is 2.29. The minimum Gasteiger partial charge on any atom is -0.459 e. The summed E-state index contributed by atoms with van der Waals surface area (Å²) in [4.78, 5) is 12.0. The summed E-state index contributed by atoms with van der Waals surface area (Å²) in [6.07, 6.45) is 2.17. The summed E-state index contributed by atoms with van der Waals surface area (Å²) in [6, 6.07) is 0. The van der Waals surface area contributed by atoms with Crippen molar-refractivity contribution in [3.05, 3.63) is 12.2 Å². The maximum absolute atomic E-state index is 12.0. The van der Waals surface area contributed by atoms with E-state index in [2.05, 4.69) is 13.5 Å². The van der Waals surface area contributed by atoms with E-state index in [1.165, 1.54) is 6.42 Å². The van der Waals surface area contributed by atoms with Gasteiger partial charge in [0.15, 0.2) is 4.08 Å². The van der Waals surface area contributed by atoms with E-state index in [-0.39, 0.29) is 16.0 Å². The van der Waals surface area contributed by atoms with Gasteiger partial charge in [-0.3, -0.25) is 0 Å². The molecule has 0 amide bonds. The molecule has 2 saturated heterocycles. The minimum absolute atomic E-state index is 0.0311. The van der Waals surface area contributed by atoms with Gasteiger partial charge >= 0.3 is 5.97 Å². The standard InChI is InChI=1S/C11H16O2S2/c1-3-9-8(2)7-13-10(12)11(9)14-5-4-6-15-11/h9H,2-7H2,1H3. The van der Waals surface area contributed by atoms with Crippen LogP contribution in [0, 0.1) is 5.92 Å². The second kappa shape index (κ2) is 4.42. The molecule has 1 atom stereocenters. The summed E-state index contributed by atoms with van der Waals surface area (Å²) in [5.74, 6) is 2.38. The molecular weight excluding hydrogens is 228 g/mol. The van der Waals surface area contributed by atoms with E-state index < -0.39 is 0 Å². The van der Waals surface area contributed by atoms with Crippen LogP contribution < -0.4 is 0 Å². The molecule has 0 saturated carbocycles. The van der Waals surface area contributed by atoms with Crippen molar-refractivity contribution in [3.63, 3.8) is 0 Å². The van der Waals surface area contributed by atoms with Crippen LogP contribution >= 0.6 is 23.5 Å². The molecule has 1 unspecified atom stereocenters. The van der Waals surface area contributed by atoms with E-state index in [4.69, 9.17) is 4.74 Å². The van der Waals surface area contributed by atoms with Crippen LogP contribution in [0.3, 0.4) is 0 Å². The first-order valence-electron chi connectivity index (χ1n) is 5.33. The molecule has 0 radical (unpaired) electrons. The van der Waals surface area contributed by atoms with Gasteiger partial charge in [-0.05, 0) is 29.9 Å². The molecule has 2 aliphatic rings. The summed E-state index contributed by atoms with van der Waals surface area (Å²) in [5.41, 5.74) is 1.08. The van der Waals surface area contributed by atoms with E-state index in [0.717, 1.165) is 23.5 Å². The molecule has 0 bridgehead atoms. The van der Waals surface area contributed by atoms with Gasteiger partial charge in [0.05, 0.1) is 0 Å². The smallest absolute Gasteiger partial charge is 0.333 e. The lowest BCUT2D eigenvalue weighted by Crippen LogP contribution is -2.48. The van der Waals surface area contributed by atoms with Gasteiger partial charge in [0.2, 0.25) is 0 Å². The van der Waals surface area contributed by atoms with Gasteiger partial charge in [-0.25, -0.2) is 4.79 Å². The van der Waals surface area contributed by atoms with Crippen LogP contribution in [0.4, 0.5) is 0 Å². The van der Waals surface area contributed by atoms with Gasteiger partial charge in [-0.1, -0.05) is 13.5 Å². The Morgan fingerprint density at radius 1 is 1.53 bits per heavy atom. The number of carbonyl (C=O) groups excluding carboxylic acids is 1. The number of rotatable bonds is 1. The van der Waals surface area contributed by atoms with Crippen LogP contribution in [0.1, 0.15) is 19.8 Å². The Kier molecular flexibility index (Phi) is 3.36. The lowest BCUT2D eigenvalue weighted by Gasteiger charge is -2.43. The number of ether oxygens (including phenoxy) is 1. The molecule has 0 N–H and O–H groups in total. The van der Waals surface area contributed by atoms with Gasteiger partial charge in [-0.15, -0.1) is 23.5 Å². The lowest BCUT2D eigenvalue weighted by atomic mass is 9.91. The van der Waals surface area contributed by atoms with Crippen LogP contribution in [-0.4, -0.2) is 28.2 Å². The second-order valence-electron chi connectivity index (χ2n) is 3.91. The Bertz CT molecular complexity index is 282. The van der Waals surface area contributed by atoms with Crippen molar-refractivity contribution >= 4 is 29.5 Å². The number of hydrogen-bond donors (Lipinski definition) is 0. The third-order valence-corrected chi connectivity index (χ3v) is 6.41. The monoisotopic (exact) mass is 244 g/mol. The van der Waals surface area contributed by atoms with E-state index in [1.807, 2.05) is 0 Å². The molecule has 0 aromatic rings. The van der Waals surface area contributed by atoms with E-state index >= 15 is 0 Å². The first kappa shape index (κ1) is 11.4. The van der Waals surface area contributed by atoms with E-state index in [9.17, 15) is 4.79 Å². The highest BCUT2D eigenvalue weighted by molar-refractivity contribution is 8.19. The molecule has 2 fully saturated rings. The SMILES string of the molecule is C=C1COC(=O)C2(SCCCS2)C1CC. The highest BCUT2D eigenvalue weighted by atomic mass is 32.2. The zero-order valence-corrected chi connectivity index (χ0v) is 10.6. The molecule has 84 valence electrons. The fourth-order valence-corrected chi connectivity index (χ4v) is 5.82. The van der Waals surface area contributed by atoms with Crippen LogP contribution in [-0.2, 0) is 9.53 Å². The molecule has 2 heterocycles. The zero-order chi connectivity index (χ0) is 10.9. The number of esters is 1. The fourth-order valence-electron chi connectivity index (χ4n) is 2.20.